The van der Waals surface area contributed by atoms with Gasteiger partial charge in [-0.3, -0.25) is 4.79 Å². The fourth-order valence-electron chi connectivity index (χ4n) is 0.695. The second-order valence-corrected chi connectivity index (χ2v) is 3.43. The fourth-order valence-corrected chi connectivity index (χ4v) is 0.695. The number of aromatic nitrogens is 3. The Labute approximate surface area is 65.0 Å². The zero-order chi connectivity index (χ0) is 8.48. The van der Waals surface area contributed by atoms with E-state index in [9.17, 15) is 4.79 Å². The van der Waals surface area contributed by atoms with Gasteiger partial charge in [-0.05, 0) is 0 Å². The summed E-state index contributed by atoms with van der Waals surface area (Å²) >= 11 is 0. The van der Waals surface area contributed by atoms with Crippen molar-refractivity contribution in [3.63, 3.8) is 0 Å². The molecule has 4 nitrogen and oxygen atoms in total. The Kier molecular flexibility index (Phi) is 1.76. The molecule has 1 aromatic heterocycles. The predicted octanol–water partition coefficient (Wildman–Crippen LogP) is 1.03. The second-order valence-electron chi connectivity index (χ2n) is 3.43. The highest BCUT2D eigenvalue weighted by Gasteiger charge is 2.24. The summed E-state index contributed by atoms with van der Waals surface area (Å²) in [4.78, 5) is 11.4. The maximum absolute atomic E-state index is 11.4. The number of Topliss-reactive ketones (excluding diaryl/α,β-unsaturated/α-hetero) is 1. The van der Waals surface area contributed by atoms with Gasteiger partial charge in [-0.2, -0.15) is 15.4 Å². The van der Waals surface area contributed by atoms with Crippen molar-refractivity contribution in [3.8, 4) is 0 Å². The Morgan fingerprint density at radius 1 is 1.55 bits per heavy atom. The molecule has 0 fully saturated rings. The smallest absolute Gasteiger partial charge is 0.190 e. The van der Waals surface area contributed by atoms with Crippen LogP contribution in [0.3, 0.4) is 0 Å². The highest BCUT2D eigenvalue weighted by atomic mass is 16.1. The zero-order valence-corrected chi connectivity index (χ0v) is 6.88. The minimum absolute atomic E-state index is 0.00579. The van der Waals surface area contributed by atoms with Gasteiger partial charge >= 0.3 is 0 Å². The van der Waals surface area contributed by atoms with Gasteiger partial charge in [0, 0.05) is 5.41 Å². The molecule has 1 aromatic rings. The zero-order valence-electron chi connectivity index (χ0n) is 6.88. The monoisotopic (exact) mass is 153 g/mol. The number of rotatable bonds is 1. The molecule has 1 heterocycles. The van der Waals surface area contributed by atoms with E-state index >= 15 is 0 Å². The Morgan fingerprint density at radius 3 is 2.55 bits per heavy atom. The molecule has 1 N–H and O–H groups in total. The summed E-state index contributed by atoms with van der Waals surface area (Å²) in [5, 5.41) is 9.66. The Bertz CT molecular complexity index is 245. The van der Waals surface area contributed by atoms with Crippen LogP contribution in [0.4, 0.5) is 0 Å². The summed E-state index contributed by atoms with van der Waals surface area (Å²) in [6.07, 6.45) is 1.44. The summed E-state index contributed by atoms with van der Waals surface area (Å²) in [7, 11) is 0. The number of nitrogens with one attached hydrogen (secondary N) is 1. The lowest BCUT2D eigenvalue weighted by molar-refractivity contribution is 0.0853. The Morgan fingerprint density at radius 2 is 2.18 bits per heavy atom. The number of carbonyl (C=O) groups is 1. The number of H-pyrrole nitrogens is 1. The molecule has 0 spiro atoms. The summed E-state index contributed by atoms with van der Waals surface area (Å²) < 4.78 is 0. The van der Waals surface area contributed by atoms with E-state index in [1.807, 2.05) is 20.8 Å². The molecule has 4 heteroatoms. The molecule has 11 heavy (non-hydrogen) atoms. The lowest BCUT2D eigenvalue weighted by Gasteiger charge is -2.13. The van der Waals surface area contributed by atoms with Gasteiger partial charge in [0.05, 0.1) is 6.20 Å². The lowest BCUT2D eigenvalue weighted by Crippen LogP contribution is -2.20. The minimum atomic E-state index is -0.378. The average Bonchev–Trinajstić information content (AvgIpc) is 2.34. The van der Waals surface area contributed by atoms with E-state index in [1.165, 1.54) is 6.20 Å². The third-order valence-electron chi connectivity index (χ3n) is 1.33. The maximum atomic E-state index is 11.4. The molecule has 0 amide bonds. The number of hydrogen-bond donors (Lipinski definition) is 1. The van der Waals surface area contributed by atoms with Crippen LogP contribution < -0.4 is 0 Å². The average molecular weight is 153 g/mol. The Hall–Kier alpha value is -1.19. The van der Waals surface area contributed by atoms with Crippen LogP contribution in [-0.2, 0) is 0 Å². The fraction of sp³-hybridized carbons (Fsp3) is 0.571. The molecule has 60 valence electrons. The van der Waals surface area contributed by atoms with E-state index in [1.54, 1.807) is 0 Å². The van der Waals surface area contributed by atoms with Gasteiger partial charge < -0.3 is 0 Å². The van der Waals surface area contributed by atoms with Crippen LogP contribution in [0.2, 0.25) is 0 Å². The van der Waals surface area contributed by atoms with E-state index < -0.39 is 0 Å². The largest absolute Gasteiger partial charge is 0.292 e. The molecule has 0 bridgehead atoms. The molecule has 0 aliphatic heterocycles. The van der Waals surface area contributed by atoms with Gasteiger partial charge in [-0.25, -0.2) is 0 Å². The van der Waals surface area contributed by atoms with Crippen molar-refractivity contribution in [1.29, 1.82) is 0 Å². The molecule has 0 saturated heterocycles. The predicted molar refractivity (Wildman–Crippen MR) is 40.2 cm³/mol. The SMILES string of the molecule is CC(C)(C)C(=O)c1cn[nH]n1. The molecule has 0 unspecified atom stereocenters. The summed E-state index contributed by atoms with van der Waals surface area (Å²) in [6, 6.07) is 0. The lowest BCUT2D eigenvalue weighted by atomic mass is 9.89. The van der Waals surface area contributed by atoms with Crippen LogP contribution in [0, 0.1) is 5.41 Å². The van der Waals surface area contributed by atoms with Crippen molar-refractivity contribution in [1.82, 2.24) is 15.4 Å². The molecular weight excluding hydrogens is 142 g/mol. The van der Waals surface area contributed by atoms with Gasteiger partial charge in [0.25, 0.3) is 0 Å². The van der Waals surface area contributed by atoms with Crippen molar-refractivity contribution >= 4 is 5.78 Å². The van der Waals surface area contributed by atoms with Crippen molar-refractivity contribution in [2.24, 2.45) is 5.41 Å². The first kappa shape index (κ1) is 7.91. The molecule has 0 saturated carbocycles. The molecule has 0 aliphatic rings. The highest BCUT2D eigenvalue weighted by Crippen LogP contribution is 2.18. The van der Waals surface area contributed by atoms with Crippen molar-refractivity contribution in [2.45, 2.75) is 20.8 Å². The molecular formula is C7H11N3O. The number of hydrogen-bond acceptors (Lipinski definition) is 3. The van der Waals surface area contributed by atoms with E-state index in [4.69, 9.17) is 0 Å². The highest BCUT2D eigenvalue weighted by molar-refractivity contribution is 5.97. The first-order valence-electron chi connectivity index (χ1n) is 3.42. The number of aromatic amines is 1. The van der Waals surface area contributed by atoms with Crippen LogP contribution in [-0.4, -0.2) is 21.2 Å². The van der Waals surface area contributed by atoms with Crippen molar-refractivity contribution < 1.29 is 4.79 Å². The van der Waals surface area contributed by atoms with Crippen LogP contribution in [0.15, 0.2) is 6.20 Å². The van der Waals surface area contributed by atoms with Gasteiger partial charge in [0.2, 0.25) is 0 Å². The van der Waals surface area contributed by atoms with Gasteiger partial charge in [-0.1, -0.05) is 20.8 Å². The summed E-state index contributed by atoms with van der Waals surface area (Å²) in [5.41, 5.74) is 0.0224. The quantitative estimate of drug-likeness (QED) is 0.613. The maximum Gasteiger partial charge on any atom is 0.190 e. The van der Waals surface area contributed by atoms with E-state index in [-0.39, 0.29) is 11.2 Å². The van der Waals surface area contributed by atoms with Crippen LogP contribution in [0.5, 0.6) is 0 Å². The van der Waals surface area contributed by atoms with E-state index in [0.717, 1.165) is 0 Å². The van der Waals surface area contributed by atoms with E-state index in [2.05, 4.69) is 15.4 Å². The topological polar surface area (TPSA) is 58.6 Å². The first-order chi connectivity index (χ1) is 5.02. The van der Waals surface area contributed by atoms with Gasteiger partial charge in [0.15, 0.2) is 5.78 Å². The molecule has 0 aliphatic carbocycles. The third kappa shape index (κ3) is 1.63. The van der Waals surface area contributed by atoms with Gasteiger partial charge in [0.1, 0.15) is 5.69 Å². The van der Waals surface area contributed by atoms with Gasteiger partial charge in [-0.15, -0.1) is 0 Å². The summed E-state index contributed by atoms with van der Waals surface area (Å²) in [5.74, 6) is 0.00579. The molecule has 1 rings (SSSR count). The number of nitrogens with zero attached hydrogens (tertiary/aromatic N) is 2. The van der Waals surface area contributed by atoms with Crippen LogP contribution in [0.25, 0.3) is 0 Å². The van der Waals surface area contributed by atoms with Crippen LogP contribution >= 0.6 is 0 Å². The first-order valence-corrected chi connectivity index (χ1v) is 3.42. The van der Waals surface area contributed by atoms with E-state index in [0.29, 0.717) is 5.69 Å². The normalized spacial score (nSPS) is 11.5. The third-order valence-corrected chi connectivity index (χ3v) is 1.33. The number of carbonyl (C=O) groups excluding carboxylic acids is 1. The molecule has 0 atom stereocenters. The number of ketones is 1. The Balaban J connectivity index is 2.88. The summed E-state index contributed by atoms with van der Waals surface area (Å²) in [6.45, 7) is 5.55. The van der Waals surface area contributed by atoms with Crippen LogP contribution in [0.1, 0.15) is 31.3 Å². The van der Waals surface area contributed by atoms with Crippen molar-refractivity contribution in [3.05, 3.63) is 11.9 Å². The molecule has 0 radical (unpaired) electrons. The molecule has 0 aromatic carbocycles. The minimum Gasteiger partial charge on any atom is -0.292 e. The second kappa shape index (κ2) is 2.45. The van der Waals surface area contributed by atoms with Crippen molar-refractivity contribution in [2.75, 3.05) is 0 Å². The standard InChI is InChI=1S/C7H11N3O/c1-7(2,3)6(11)5-4-8-10-9-5/h4H,1-3H3,(H,8,9,10).